The van der Waals surface area contributed by atoms with Crippen LogP contribution in [0.4, 0.5) is 0 Å². The molecule has 0 aliphatic carbocycles. The Morgan fingerprint density at radius 1 is 1.35 bits per heavy atom. The number of nitrogens with two attached hydrogens (primary N) is 1. The fraction of sp³-hybridized carbons (Fsp3) is 0.923. The Balaban J connectivity index is 2.63. The van der Waals surface area contributed by atoms with Gasteiger partial charge in [0.15, 0.2) is 0 Å². The van der Waals surface area contributed by atoms with Crippen LogP contribution in [0.2, 0.25) is 0 Å². The summed E-state index contributed by atoms with van der Waals surface area (Å²) in [6, 6.07) is -0.164. The van der Waals surface area contributed by atoms with E-state index in [1.165, 1.54) is 0 Å². The summed E-state index contributed by atoms with van der Waals surface area (Å²) in [4.78, 5) is 11.8. The van der Waals surface area contributed by atoms with E-state index in [1.54, 1.807) is 0 Å². The number of hydrogen-bond donors (Lipinski definition) is 3. The SMILES string of the molecule is CC[C@H](N)C(=O)NC1CC(C)(C)NC(C)(C)C1. The van der Waals surface area contributed by atoms with Gasteiger partial charge < -0.3 is 16.4 Å². The summed E-state index contributed by atoms with van der Waals surface area (Å²) in [7, 11) is 0. The fourth-order valence-corrected chi connectivity index (χ4v) is 2.92. The summed E-state index contributed by atoms with van der Waals surface area (Å²) < 4.78 is 0. The van der Waals surface area contributed by atoms with Gasteiger partial charge in [0.25, 0.3) is 0 Å². The second kappa shape index (κ2) is 4.94. The molecule has 4 nitrogen and oxygen atoms in total. The first-order valence-electron chi connectivity index (χ1n) is 6.50. The number of piperidine rings is 1. The Kier molecular flexibility index (Phi) is 4.20. The van der Waals surface area contributed by atoms with E-state index in [-0.39, 0.29) is 29.1 Å². The number of carbonyl (C=O) groups is 1. The van der Waals surface area contributed by atoms with Crippen LogP contribution in [0, 0.1) is 0 Å². The van der Waals surface area contributed by atoms with Gasteiger partial charge in [0, 0.05) is 17.1 Å². The van der Waals surface area contributed by atoms with E-state index in [4.69, 9.17) is 5.73 Å². The third kappa shape index (κ3) is 4.28. The molecule has 0 saturated carbocycles. The van der Waals surface area contributed by atoms with E-state index in [9.17, 15) is 4.79 Å². The summed E-state index contributed by atoms with van der Waals surface area (Å²) in [5.41, 5.74) is 5.84. The molecule has 1 saturated heterocycles. The van der Waals surface area contributed by atoms with Gasteiger partial charge in [0.1, 0.15) is 0 Å². The molecule has 0 spiro atoms. The highest BCUT2D eigenvalue weighted by molar-refractivity contribution is 5.81. The van der Waals surface area contributed by atoms with Gasteiger partial charge in [0.2, 0.25) is 5.91 Å². The molecular weight excluding hydrogens is 214 g/mol. The highest BCUT2D eigenvalue weighted by Crippen LogP contribution is 2.28. The number of rotatable bonds is 3. The van der Waals surface area contributed by atoms with Crippen LogP contribution >= 0.6 is 0 Å². The van der Waals surface area contributed by atoms with Crippen LogP contribution in [0.25, 0.3) is 0 Å². The van der Waals surface area contributed by atoms with Crippen LogP contribution in [-0.2, 0) is 4.79 Å². The fourth-order valence-electron chi connectivity index (χ4n) is 2.92. The van der Waals surface area contributed by atoms with Crippen molar-refractivity contribution in [3.63, 3.8) is 0 Å². The van der Waals surface area contributed by atoms with Crippen molar-refractivity contribution in [3.8, 4) is 0 Å². The van der Waals surface area contributed by atoms with Crippen LogP contribution in [0.15, 0.2) is 0 Å². The summed E-state index contributed by atoms with van der Waals surface area (Å²) in [6.45, 7) is 10.6. The number of nitrogens with one attached hydrogen (secondary N) is 2. The molecule has 1 aliphatic rings. The first kappa shape index (κ1) is 14.5. The van der Waals surface area contributed by atoms with E-state index in [2.05, 4.69) is 38.3 Å². The quantitative estimate of drug-likeness (QED) is 0.694. The molecule has 0 bridgehead atoms. The van der Waals surface area contributed by atoms with E-state index in [0.29, 0.717) is 6.42 Å². The van der Waals surface area contributed by atoms with Crippen molar-refractivity contribution in [3.05, 3.63) is 0 Å². The van der Waals surface area contributed by atoms with E-state index in [1.807, 2.05) is 6.92 Å². The Hall–Kier alpha value is -0.610. The third-order valence-corrected chi connectivity index (χ3v) is 3.31. The zero-order valence-corrected chi connectivity index (χ0v) is 11.8. The van der Waals surface area contributed by atoms with Crippen LogP contribution in [-0.4, -0.2) is 29.1 Å². The lowest BCUT2D eigenvalue weighted by Crippen LogP contribution is -2.63. The molecule has 0 aromatic carbocycles. The predicted molar refractivity (Wildman–Crippen MR) is 70.7 cm³/mol. The molecule has 1 amide bonds. The molecule has 4 N–H and O–H groups in total. The monoisotopic (exact) mass is 241 g/mol. The lowest BCUT2D eigenvalue weighted by molar-refractivity contribution is -0.123. The van der Waals surface area contributed by atoms with Crippen LogP contribution in [0.3, 0.4) is 0 Å². The summed E-state index contributed by atoms with van der Waals surface area (Å²) in [5.74, 6) is -0.0222. The highest BCUT2D eigenvalue weighted by Gasteiger charge is 2.38. The minimum absolute atomic E-state index is 0.0222. The molecule has 1 atom stereocenters. The molecule has 100 valence electrons. The minimum Gasteiger partial charge on any atom is -0.352 e. The lowest BCUT2D eigenvalue weighted by atomic mass is 9.79. The second-order valence-corrected chi connectivity index (χ2v) is 6.52. The molecule has 1 heterocycles. The highest BCUT2D eigenvalue weighted by atomic mass is 16.2. The van der Waals surface area contributed by atoms with Gasteiger partial charge >= 0.3 is 0 Å². The summed E-state index contributed by atoms with van der Waals surface area (Å²) >= 11 is 0. The zero-order valence-electron chi connectivity index (χ0n) is 11.8. The standard InChI is InChI=1S/C13H27N3O/c1-6-10(14)11(17)15-9-7-12(2,3)16-13(4,5)8-9/h9-10,16H,6-8,14H2,1-5H3,(H,15,17)/t10-/m0/s1. The van der Waals surface area contributed by atoms with Gasteiger partial charge in [-0.05, 0) is 47.0 Å². The molecule has 1 fully saturated rings. The Morgan fingerprint density at radius 3 is 2.24 bits per heavy atom. The molecule has 1 aliphatic heterocycles. The number of carbonyl (C=O) groups excluding carboxylic acids is 1. The van der Waals surface area contributed by atoms with Gasteiger partial charge in [-0.15, -0.1) is 0 Å². The van der Waals surface area contributed by atoms with E-state index in [0.717, 1.165) is 12.8 Å². The molecule has 0 aromatic rings. The Morgan fingerprint density at radius 2 is 1.82 bits per heavy atom. The summed E-state index contributed by atoms with van der Waals surface area (Å²) in [6.07, 6.45) is 2.57. The Labute approximate surface area is 105 Å². The van der Waals surface area contributed by atoms with Crippen molar-refractivity contribution in [1.29, 1.82) is 0 Å². The molecule has 0 radical (unpaired) electrons. The number of amides is 1. The van der Waals surface area contributed by atoms with Crippen molar-refractivity contribution in [2.75, 3.05) is 0 Å². The Bertz CT molecular complexity index is 270. The van der Waals surface area contributed by atoms with Crippen molar-refractivity contribution in [2.24, 2.45) is 5.73 Å². The summed E-state index contributed by atoms with van der Waals surface area (Å²) in [5, 5.41) is 6.67. The molecule has 4 heteroatoms. The van der Waals surface area contributed by atoms with Gasteiger partial charge in [-0.1, -0.05) is 6.92 Å². The van der Waals surface area contributed by atoms with Crippen molar-refractivity contribution in [2.45, 2.75) is 77.0 Å². The maximum Gasteiger partial charge on any atom is 0.237 e. The first-order valence-corrected chi connectivity index (χ1v) is 6.50. The first-order chi connectivity index (χ1) is 7.65. The molecule has 1 rings (SSSR count). The van der Waals surface area contributed by atoms with Crippen LogP contribution in [0.5, 0.6) is 0 Å². The molecule has 0 unspecified atom stereocenters. The molecule has 0 aromatic heterocycles. The second-order valence-electron chi connectivity index (χ2n) is 6.52. The van der Waals surface area contributed by atoms with Gasteiger partial charge in [-0.25, -0.2) is 0 Å². The third-order valence-electron chi connectivity index (χ3n) is 3.31. The maximum absolute atomic E-state index is 11.8. The maximum atomic E-state index is 11.8. The largest absolute Gasteiger partial charge is 0.352 e. The molecule has 17 heavy (non-hydrogen) atoms. The van der Waals surface area contributed by atoms with Crippen LogP contribution in [0.1, 0.15) is 53.9 Å². The molecular formula is C13H27N3O. The van der Waals surface area contributed by atoms with Gasteiger partial charge in [-0.2, -0.15) is 0 Å². The van der Waals surface area contributed by atoms with Gasteiger partial charge in [0.05, 0.1) is 6.04 Å². The van der Waals surface area contributed by atoms with Gasteiger partial charge in [-0.3, -0.25) is 4.79 Å². The average Bonchev–Trinajstić information content (AvgIpc) is 2.11. The van der Waals surface area contributed by atoms with Crippen LogP contribution < -0.4 is 16.4 Å². The van der Waals surface area contributed by atoms with Crippen molar-refractivity contribution >= 4 is 5.91 Å². The predicted octanol–water partition coefficient (Wildman–Crippen LogP) is 1.15. The average molecular weight is 241 g/mol. The smallest absolute Gasteiger partial charge is 0.237 e. The normalized spacial score (nSPS) is 25.3. The topological polar surface area (TPSA) is 67.2 Å². The zero-order chi connectivity index (χ0) is 13.3. The number of hydrogen-bond acceptors (Lipinski definition) is 3. The minimum atomic E-state index is -0.379. The van der Waals surface area contributed by atoms with Crippen molar-refractivity contribution in [1.82, 2.24) is 10.6 Å². The van der Waals surface area contributed by atoms with Crippen molar-refractivity contribution < 1.29 is 4.79 Å². The van der Waals surface area contributed by atoms with E-state index >= 15 is 0 Å². The van der Waals surface area contributed by atoms with E-state index < -0.39 is 0 Å². The lowest BCUT2D eigenvalue weighted by Gasteiger charge is -2.46.